The van der Waals surface area contributed by atoms with E-state index in [1.165, 1.54) is 24.7 Å². The first-order chi connectivity index (χ1) is 8.16. The molecule has 0 aliphatic rings. The fourth-order valence-electron chi connectivity index (χ4n) is 1.14. The van der Waals surface area contributed by atoms with E-state index >= 15 is 0 Å². The first-order valence-electron chi connectivity index (χ1n) is 4.55. The largest absolute Gasteiger partial charge is 0.440 e. The molecule has 0 radical (unpaired) electrons. The summed E-state index contributed by atoms with van der Waals surface area (Å²) in [5, 5.41) is 10.8. The van der Waals surface area contributed by atoms with Gasteiger partial charge >= 0.3 is 0 Å². The highest BCUT2D eigenvalue weighted by Gasteiger charge is 2.15. The SMILES string of the molecule is O=C(CSc1ncco1)c1cc([N+](=O)[O-])c[nH]1. The number of ketones is 1. The van der Waals surface area contributed by atoms with Gasteiger partial charge in [0.15, 0.2) is 5.78 Å². The van der Waals surface area contributed by atoms with Crippen molar-refractivity contribution in [2.75, 3.05) is 5.75 Å². The van der Waals surface area contributed by atoms with Crippen LogP contribution in [0.4, 0.5) is 5.69 Å². The zero-order valence-corrected chi connectivity index (χ0v) is 9.27. The fourth-order valence-corrected chi connectivity index (χ4v) is 1.81. The third-order valence-electron chi connectivity index (χ3n) is 1.92. The zero-order chi connectivity index (χ0) is 12.3. The summed E-state index contributed by atoms with van der Waals surface area (Å²) >= 11 is 1.13. The molecule has 2 aromatic heterocycles. The van der Waals surface area contributed by atoms with Crippen LogP contribution < -0.4 is 0 Å². The molecule has 0 saturated carbocycles. The fraction of sp³-hybridized carbons (Fsp3) is 0.111. The van der Waals surface area contributed by atoms with Gasteiger partial charge in [0.25, 0.3) is 10.9 Å². The van der Waals surface area contributed by atoms with Crippen LogP contribution in [0.25, 0.3) is 0 Å². The van der Waals surface area contributed by atoms with Gasteiger partial charge in [0.2, 0.25) is 0 Å². The highest BCUT2D eigenvalue weighted by molar-refractivity contribution is 7.99. The van der Waals surface area contributed by atoms with Crippen LogP contribution >= 0.6 is 11.8 Å². The van der Waals surface area contributed by atoms with E-state index in [9.17, 15) is 14.9 Å². The van der Waals surface area contributed by atoms with E-state index in [0.29, 0.717) is 5.22 Å². The molecule has 0 fully saturated rings. The molecular formula is C9H7N3O4S. The molecule has 0 atom stereocenters. The zero-order valence-electron chi connectivity index (χ0n) is 8.45. The number of carbonyl (C=O) groups is 1. The van der Waals surface area contributed by atoms with Gasteiger partial charge in [0, 0.05) is 6.07 Å². The molecule has 0 unspecified atom stereocenters. The van der Waals surface area contributed by atoms with Gasteiger partial charge in [-0.3, -0.25) is 14.9 Å². The van der Waals surface area contributed by atoms with Crippen LogP contribution in [0, 0.1) is 10.1 Å². The molecule has 0 saturated heterocycles. The van der Waals surface area contributed by atoms with Crippen molar-refractivity contribution >= 4 is 23.2 Å². The maximum Gasteiger partial charge on any atom is 0.287 e. The molecule has 2 aromatic rings. The van der Waals surface area contributed by atoms with E-state index in [1.54, 1.807) is 0 Å². The Hall–Kier alpha value is -2.09. The van der Waals surface area contributed by atoms with E-state index in [-0.39, 0.29) is 22.9 Å². The summed E-state index contributed by atoms with van der Waals surface area (Å²) in [7, 11) is 0. The Balaban J connectivity index is 1.97. The van der Waals surface area contributed by atoms with Gasteiger partial charge in [-0.15, -0.1) is 0 Å². The Kier molecular flexibility index (Phi) is 3.24. The first-order valence-corrected chi connectivity index (χ1v) is 5.53. The van der Waals surface area contributed by atoms with Gasteiger partial charge in [0.1, 0.15) is 6.26 Å². The number of aromatic amines is 1. The minimum absolute atomic E-state index is 0.109. The Morgan fingerprint density at radius 1 is 1.65 bits per heavy atom. The average molecular weight is 253 g/mol. The molecule has 0 spiro atoms. The molecule has 1 N–H and O–H groups in total. The topological polar surface area (TPSA) is 102 Å². The third kappa shape index (κ3) is 2.72. The Bertz CT molecular complexity index is 534. The summed E-state index contributed by atoms with van der Waals surface area (Å²) in [6.07, 6.45) is 4.07. The van der Waals surface area contributed by atoms with Crippen molar-refractivity contribution in [3.63, 3.8) is 0 Å². The first kappa shape index (κ1) is 11.4. The highest BCUT2D eigenvalue weighted by atomic mass is 32.2. The van der Waals surface area contributed by atoms with Crippen LogP contribution in [0.15, 0.2) is 34.4 Å². The van der Waals surface area contributed by atoms with E-state index in [1.807, 2.05) is 0 Å². The quantitative estimate of drug-likeness (QED) is 0.378. The lowest BCUT2D eigenvalue weighted by molar-refractivity contribution is -0.384. The van der Waals surface area contributed by atoms with Crippen molar-refractivity contribution in [2.45, 2.75) is 5.22 Å². The Labute approximate surface area is 99.4 Å². The number of thioether (sulfide) groups is 1. The lowest BCUT2D eigenvalue weighted by Crippen LogP contribution is -2.02. The van der Waals surface area contributed by atoms with Crippen molar-refractivity contribution in [2.24, 2.45) is 0 Å². The summed E-state index contributed by atoms with van der Waals surface area (Å²) in [6.45, 7) is 0. The van der Waals surface area contributed by atoms with E-state index in [4.69, 9.17) is 4.42 Å². The maximum atomic E-state index is 11.6. The second kappa shape index (κ2) is 4.83. The number of aromatic nitrogens is 2. The summed E-state index contributed by atoms with van der Waals surface area (Å²) in [5.74, 6) is -0.139. The van der Waals surface area contributed by atoms with E-state index < -0.39 is 4.92 Å². The molecule has 0 bridgehead atoms. The monoisotopic (exact) mass is 253 g/mol. The molecule has 88 valence electrons. The summed E-state index contributed by atoms with van der Waals surface area (Å²) in [4.78, 5) is 27.9. The minimum Gasteiger partial charge on any atom is -0.440 e. The number of nitro groups is 1. The van der Waals surface area contributed by atoms with Crippen molar-refractivity contribution < 1.29 is 14.1 Å². The number of nitrogens with zero attached hydrogens (tertiary/aromatic N) is 2. The lowest BCUT2D eigenvalue weighted by atomic mass is 10.3. The number of rotatable bonds is 5. The van der Waals surface area contributed by atoms with Crippen LogP contribution in [0.1, 0.15) is 10.5 Å². The number of oxazole rings is 1. The Morgan fingerprint density at radius 2 is 2.47 bits per heavy atom. The Morgan fingerprint density at radius 3 is 3.06 bits per heavy atom. The van der Waals surface area contributed by atoms with Crippen LogP contribution in [0.2, 0.25) is 0 Å². The molecule has 0 aromatic carbocycles. The number of Topliss-reactive ketones (excluding diaryl/α,β-unsaturated/α-hetero) is 1. The molecule has 0 amide bonds. The maximum absolute atomic E-state index is 11.6. The van der Waals surface area contributed by atoms with Crippen molar-refractivity contribution in [1.29, 1.82) is 0 Å². The number of hydrogen-bond acceptors (Lipinski definition) is 6. The van der Waals surface area contributed by atoms with Crippen molar-refractivity contribution in [3.05, 3.63) is 40.5 Å². The van der Waals surface area contributed by atoms with Crippen molar-refractivity contribution in [1.82, 2.24) is 9.97 Å². The summed E-state index contributed by atoms with van der Waals surface area (Å²) < 4.78 is 4.94. The molecule has 8 heteroatoms. The smallest absolute Gasteiger partial charge is 0.287 e. The standard InChI is InChI=1S/C9H7N3O4S/c13-8(5-17-9-10-1-2-16-9)7-3-6(4-11-7)12(14)15/h1-4,11H,5H2. The molecule has 2 heterocycles. The number of nitrogens with one attached hydrogen (secondary N) is 1. The number of hydrogen-bond donors (Lipinski definition) is 1. The molecule has 2 rings (SSSR count). The van der Waals surface area contributed by atoms with Crippen LogP contribution in [-0.2, 0) is 0 Å². The number of carbonyl (C=O) groups excluding carboxylic acids is 1. The second-order valence-corrected chi connectivity index (χ2v) is 3.97. The predicted molar refractivity (Wildman–Crippen MR) is 59.0 cm³/mol. The third-order valence-corrected chi connectivity index (χ3v) is 2.77. The summed E-state index contributed by atoms with van der Waals surface area (Å²) in [5.41, 5.74) is 0.0743. The van der Waals surface area contributed by atoms with Gasteiger partial charge in [0.05, 0.1) is 28.8 Å². The number of H-pyrrole nitrogens is 1. The van der Waals surface area contributed by atoms with E-state index in [2.05, 4.69) is 9.97 Å². The molecule has 0 aliphatic carbocycles. The van der Waals surface area contributed by atoms with Gasteiger partial charge in [-0.25, -0.2) is 4.98 Å². The molecule has 17 heavy (non-hydrogen) atoms. The van der Waals surface area contributed by atoms with Gasteiger partial charge in [-0.05, 0) is 0 Å². The van der Waals surface area contributed by atoms with Crippen LogP contribution in [-0.4, -0.2) is 26.4 Å². The van der Waals surface area contributed by atoms with Crippen LogP contribution in [0.3, 0.4) is 0 Å². The van der Waals surface area contributed by atoms with Crippen molar-refractivity contribution in [3.8, 4) is 0 Å². The molecule has 0 aliphatic heterocycles. The predicted octanol–water partition coefficient (Wildman–Crippen LogP) is 1.89. The molecule has 7 nitrogen and oxygen atoms in total. The van der Waals surface area contributed by atoms with Gasteiger partial charge in [-0.2, -0.15) is 0 Å². The normalized spacial score (nSPS) is 10.4. The van der Waals surface area contributed by atoms with Gasteiger partial charge < -0.3 is 9.40 Å². The highest BCUT2D eigenvalue weighted by Crippen LogP contribution is 2.18. The minimum atomic E-state index is -0.561. The van der Waals surface area contributed by atoms with Crippen LogP contribution in [0.5, 0.6) is 0 Å². The average Bonchev–Trinajstić information content (AvgIpc) is 2.96. The van der Waals surface area contributed by atoms with Gasteiger partial charge in [-0.1, -0.05) is 11.8 Å². The molecular weight excluding hydrogens is 246 g/mol. The summed E-state index contributed by atoms with van der Waals surface area (Å²) in [6, 6.07) is 1.21. The van der Waals surface area contributed by atoms with E-state index in [0.717, 1.165) is 11.8 Å². The lowest BCUT2D eigenvalue weighted by Gasteiger charge is -1.94. The second-order valence-electron chi connectivity index (χ2n) is 3.04.